The molecule has 10 heteroatoms. The average molecular weight is 339 g/mol. The minimum atomic E-state index is -1.27. The fraction of sp³-hybridized carbons (Fsp3) is 0.643. The summed E-state index contributed by atoms with van der Waals surface area (Å²) in [6.07, 6.45) is -3.03. The minimum Gasteiger partial charge on any atom is -0.394 e. The van der Waals surface area contributed by atoms with Crippen LogP contribution < -0.4 is 11.0 Å². The zero-order valence-electron chi connectivity index (χ0n) is 13.4. The smallest absolute Gasteiger partial charge is 0.348 e. The highest BCUT2D eigenvalue weighted by Crippen LogP contribution is 2.31. The lowest BCUT2D eigenvalue weighted by Gasteiger charge is -2.16. The number of nitrogens with zero attached hydrogens (tertiary/aromatic N) is 3. The SMILES string of the molecule is CC(C)CNc1[nH]c(=O)nc2c1ncn2[C@@H]1O[C@H](CO)[C@@H](O)[C@H]1O. The number of aromatic nitrogens is 4. The van der Waals surface area contributed by atoms with Gasteiger partial charge >= 0.3 is 5.69 Å². The Balaban J connectivity index is 2.00. The van der Waals surface area contributed by atoms with Crippen LogP contribution in [0, 0.1) is 5.92 Å². The van der Waals surface area contributed by atoms with Crippen molar-refractivity contribution < 1.29 is 20.1 Å². The Bertz CT molecular complexity index is 772. The first kappa shape index (κ1) is 16.8. The van der Waals surface area contributed by atoms with E-state index in [4.69, 9.17) is 4.74 Å². The molecule has 1 aliphatic rings. The van der Waals surface area contributed by atoms with Crippen molar-refractivity contribution in [2.45, 2.75) is 38.4 Å². The first-order valence-corrected chi connectivity index (χ1v) is 7.75. The Morgan fingerprint density at radius 2 is 2.17 bits per heavy atom. The molecule has 4 atom stereocenters. The van der Waals surface area contributed by atoms with Crippen molar-refractivity contribution in [2.75, 3.05) is 18.5 Å². The Morgan fingerprint density at radius 3 is 2.79 bits per heavy atom. The van der Waals surface area contributed by atoms with E-state index in [0.717, 1.165) is 0 Å². The number of aliphatic hydroxyl groups is 3. The topological polar surface area (TPSA) is 146 Å². The van der Waals surface area contributed by atoms with Gasteiger partial charge in [0.2, 0.25) is 0 Å². The quantitative estimate of drug-likeness (QED) is 0.456. The molecule has 3 heterocycles. The van der Waals surface area contributed by atoms with Crippen molar-refractivity contribution in [3.8, 4) is 0 Å². The van der Waals surface area contributed by atoms with Crippen LogP contribution in [0.3, 0.4) is 0 Å². The summed E-state index contributed by atoms with van der Waals surface area (Å²) < 4.78 is 6.85. The Morgan fingerprint density at radius 1 is 1.42 bits per heavy atom. The third kappa shape index (κ3) is 2.88. The molecule has 10 nitrogen and oxygen atoms in total. The van der Waals surface area contributed by atoms with Gasteiger partial charge in [0.05, 0.1) is 12.9 Å². The van der Waals surface area contributed by atoms with Crippen LogP contribution in [0.5, 0.6) is 0 Å². The molecule has 1 saturated heterocycles. The first-order chi connectivity index (χ1) is 11.4. The number of rotatable bonds is 5. The molecule has 5 N–H and O–H groups in total. The van der Waals surface area contributed by atoms with E-state index in [2.05, 4.69) is 20.3 Å². The number of aromatic amines is 1. The van der Waals surface area contributed by atoms with Crippen LogP contribution >= 0.6 is 0 Å². The number of H-pyrrole nitrogens is 1. The molecule has 2 aromatic rings. The average Bonchev–Trinajstić information content (AvgIpc) is 3.07. The molecule has 1 fully saturated rings. The molecule has 0 radical (unpaired) electrons. The molecular weight excluding hydrogens is 318 g/mol. The summed E-state index contributed by atoms with van der Waals surface area (Å²) in [6, 6.07) is 0. The van der Waals surface area contributed by atoms with E-state index in [-0.39, 0.29) is 5.65 Å². The standard InChI is InChI=1S/C14H21N5O5/c1-6(2)3-15-11-8-12(18-14(23)17-11)19(5-16-8)13-10(22)9(21)7(4-20)24-13/h5-7,9-10,13,20-22H,3-4H2,1-2H3,(H2,15,17,18,23)/t7-,9-,10-,13-/m1/s1. The molecule has 0 aromatic carbocycles. The van der Waals surface area contributed by atoms with Gasteiger partial charge in [-0.15, -0.1) is 0 Å². The van der Waals surface area contributed by atoms with Gasteiger partial charge in [0.25, 0.3) is 0 Å². The van der Waals surface area contributed by atoms with E-state index >= 15 is 0 Å². The van der Waals surface area contributed by atoms with Crippen molar-refractivity contribution in [2.24, 2.45) is 5.92 Å². The van der Waals surface area contributed by atoms with Gasteiger partial charge in [-0.2, -0.15) is 4.98 Å². The van der Waals surface area contributed by atoms with Crippen molar-refractivity contribution in [3.05, 3.63) is 16.8 Å². The van der Waals surface area contributed by atoms with E-state index in [9.17, 15) is 20.1 Å². The van der Waals surface area contributed by atoms with Crippen LogP contribution in [0.4, 0.5) is 5.82 Å². The monoisotopic (exact) mass is 339 g/mol. The van der Waals surface area contributed by atoms with Gasteiger partial charge in [0, 0.05) is 6.54 Å². The number of hydrogen-bond acceptors (Lipinski definition) is 8. The van der Waals surface area contributed by atoms with Crippen LogP contribution in [-0.4, -0.2) is 66.3 Å². The van der Waals surface area contributed by atoms with Crippen LogP contribution in [-0.2, 0) is 4.74 Å². The molecule has 0 aliphatic carbocycles. The van der Waals surface area contributed by atoms with Crippen molar-refractivity contribution in [3.63, 3.8) is 0 Å². The number of imidazole rings is 1. The Kier molecular flexibility index (Phi) is 4.54. The third-order valence-electron chi connectivity index (χ3n) is 3.92. The number of fused-ring (bicyclic) bond motifs is 1. The van der Waals surface area contributed by atoms with Crippen molar-refractivity contribution in [1.29, 1.82) is 0 Å². The lowest BCUT2D eigenvalue weighted by molar-refractivity contribution is -0.0511. The van der Waals surface area contributed by atoms with E-state index in [1.165, 1.54) is 10.9 Å². The molecule has 0 unspecified atom stereocenters. The molecule has 0 bridgehead atoms. The first-order valence-electron chi connectivity index (χ1n) is 7.75. The fourth-order valence-electron chi connectivity index (χ4n) is 2.66. The number of aliphatic hydroxyl groups excluding tert-OH is 3. The molecule has 2 aromatic heterocycles. The van der Waals surface area contributed by atoms with Gasteiger partial charge in [-0.05, 0) is 5.92 Å². The van der Waals surface area contributed by atoms with E-state index < -0.39 is 36.8 Å². The van der Waals surface area contributed by atoms with Crippen molar-refractivity contribution >= 4 is 17.0 Å². The summed E-state index contributed by atoms with van der Waals surface area (Å²) in [5.74, 6) is 0.795. The summed E-state index contributed by atoms with van der Waals surface area (Å²) in [6.45, 7) is 4.26. The molecule has 0 saturated carbocycles. The van der Waals surface area contributed by atoms with Crippen LogP contribution in [0.15, 0.2) is 11.1 Å². The van der Waals surface area contributed by atoms with E-state index in [1.807, 2.05) is 13.8 Å². The van der Waals surface area contributed by atoms with E-state index in [0.29, 0.717) is 23.8 Å². The number of anilines is 1. The highest BCUT2D eigenvalue weighted by molar-refractivity contribution is 5.82. The Labute approximate surface area is 137 Å². The lowest BCUT2D eigenvalue weighted by atomic mass is 10.1. The summed E-state index contributed by atoms with van der Waals surface area (Å²) in [5.41, 5.74) is 0.0788. The molecule has 0 spiro atoms. The second-order valence-electron chi connectivity index (χ2n) is 6.24. The van der Waals surface area contributed by atoms with Crippen molar-refractivity contribution in [1.82, 2.24) is 19.5 Å². The second-order valence-corrected chi connectivity index (χ2v) is 6.24. The van der Waals surface area contributed by atoms with Gasteiger partial charge < -0.3 is 25.4 Å². The third-order valence-corrected chi connectivity index (χ3v) is 3.92. The zero-order chi connectivity index (χ0) is 17.4. The highest BCUT2D eigenvalue weighted by Gasteiger charge is 2.44. The number of ether oxygens (including phenoxy) is 1. The van der Waals surface area contributed by atoms with Gasteiger partial charge in [0.1, 0.15) is 29.6 Å². The van der Waals surface area contributed by atoms with Gasteiger partial charge in [0.15, 0.2) is 11.9 Å². The molecule has 1 aliphatic heterocycles. The highest BCUT2D eigenvalue weighted by atomic mass is 16.6. The molecule has 132 valence electrons. The maximum atomic E-state index is 11.8. The fourth-order valence-corrected chi connectivity index (χ4v) is 2.66. The molecule has 24 heavy (non-hydrogen) atoms. The maximum Gasteiger partial charge on any atom is 0.348 e. The predicted octanol–water partition coefficient (Wildman–Crippen LogP) is -1.20. The largest absolute Gasteiger partial charge is 0.394 e. The van der Waals surface area contributed by atoms with Gasteiger partial charge in [-0.3, -0.25) is 9.55 Å². The molecule has 3 rings (SSSR count). The number of hydrogen-bond donors (Lipinski definition) is 5. The summed E-state index contributed by atoms with van der Waals surface area (Å²) in [7, 11) is 0. The molecule has 0 amide bonds. The van der Waals surface area contributed by atoms with Crippen LogP contribution in [0.1, 0.15) is 20.1 Å². The number of nitrogens with one attached hydrogen (secondary N) is 2. The van der Waals surface area contributed by atoms with Gasteiger partial charge in [-0.25, -0.2) is 9.78 Å². The minimum absolute atomic E-state index is 0.222. The predicted molar refractivity (Wildman–Crippen MR) is 84.5 cm³/mol. The van der Waals surface area contributed by atoms with Crippen LogP contribution in [0.25, 0.3) is 11.2 Å². The second kappa shape index (κ2) is 6.48. The van der Waals surface area contributed by atoms with Crippen LogP contribution in [0.2, 0.25) is 0 Å². The molecular formula is C14H21N5O5. The Hall–Kier alpha value is -2.01. The summed E-state index contributed by atoms with van der Waals surface area (Å²) in [5, 5.41) is 32.3. The summed E-state index contributed by atoms with van der Waals surface area (Å²) >= 11 is 0. The zero-order valence-corrected chi connectivity index (χ0v) is 13.4. The maximum absolute atomic E-state index is 11.8. The van der Waals surface area contributed by atoms with Gasteiger partial charge in [-0.1, -0.05) is 13.8 Å². The van der Waals surface area contributed by atoms with E-state index in [1.54, 1.807) is 0 Å². The lowest BCUT2D eigenvalue weighted by Crippen LogP contribution is -2.33. The normalized spacial score (nSPS) is 27.2. The summed E-state index contributed by atoms with van der Waals surface area (Å²) in [4.78, 5) is 22.6.